The van der Waals surface area contributed by atoms with Crippen molar-refractivity contribution in [3.63, 3.8) is 0 Å². The molecule has 0 amide bonds. The van der Waals surface area contributed by atoms with Crippen LogP contribution in [0, 0.1) is 0 Å². The van der Waals surface area contributed by atoms with E-state index in [0.29, 0.717) is 6.61 Å². The molecule has 0 aromatic heterocycles. The van der Waals surface area contributed by atoms with Crippen LogP contribution in [0.4, 0.5) is 5.69 Å². The Morgan fingerprint density at radius 3 is 2.61 bits per heavy atom. The first kappa shape index (κ1) is 17.6. The van der Waals surface area contributed by atoms with Crippen molar-refractivity contribution < 1.29 is 9.47 Å². The highest BCUT2D eigenvalue weighted by Gasteiger charge is 2.10. The molecule has 6 heteroatoms. The molecule has 128 valence electrons. The van der Waals surface area contributed by atoms with Gasteiger partial charge >= 0.3 is 0 Å². The number of ether oxygens (including phenoxy) is 2. The molecule has 0 aliphatic carbocycles. The maximum atomic E-state index is 5.39. The van der Waals surface area contributed by atoms with Gasteiger partial charge in [0.25, 0.3) is 0 Å². The van der Waals surface area contributed by atoms with Crippen LogP contribution in [0.1, 0.15) is 12.5 Å². The number of hydrogen-bond acceptors (Lipinski definition) is 4. The van der Waals surface area contributed by atoms with Gasteiger partial charge in [0.05, 0.1) is 19.8 Å². The number of aliphatic imine (C=N–C) groups is 1. The van der Waals surface area contributed by atoms with Gasteiger partial charge in [-0.15, -0.1) is 0 Å². The lowest BCUT2D eigenvalue weighted by molar-refractivity contribution is 0.122. The Hall–Kier alpha value is -1.79. The smallest absolute Gasteiger partial charge is 0.191 e. The second-order valence-corrected chi connectivity index (χ2v) is 5.32. The van der Waals surface area contributed by atoms with Crippen LogP contribution in [-0.2, 0) is 16.0 Å². The largest absolute Gasteiger partial charge is 0.380 e. The Morgan fingerprint density at radius 1 is 1.22 bits per heavy atom. The van der Waals surface area contributed by atoms with Crippen LogP contribution in [0.25, 0.3) is 0 Å². The van der Waals surface area contributed by atoms with Gasteiger partial charge in [0, 0.05) is 45.5 Å². The molecule has 1 aliphatic heterocycles. The van der Waals surface area contributed by atoms with E-state index in [1.807, 2.05) is 6.92 Å². The van der Waals surface area contributed by atoms with E-state index < -0.39 is 0 Å². The standard InChI is InChI=1S/C17H28N4O2/c1-3-22-11-8-19-17(18-2)20-14-15-4-6-16(7-5-15)21-9-12-23-13-10-21/h4-7H,3,8-14H2,1-2H3,(H2,18,19,20). The Balaban J connectivity index is 1.76. The fraction of sp³-hybridized carbons (Fsp3) is 0.588. The van der Waals surface area contributed by atoms with E-state index in [1.165, 1.54) is 11.3 Å². The van der Waals surface area contributed by atoms with Crippen molar-refractivity contribution in [2.75, 3.05) is 58.0 Å². The van der Waals surface area contributed by atoms with E-state index in [1.54, 1.807) is 7.05 Å². The fourth-order valence-electron chi connectivity index (χ4n) is 2.44. The van der Waals surface area contributed by atoms with Crippen LogP contribution in [-0.4, -0.2) is 59.1 Å². The summed E-state index contributed by atoms with van der Waals surface area (Å²) in [4.78, 5) is 6.56. The summed E-state index contributed by atoms with van der Waals surface area (Å²) in [5.74, 6) is 0.793. The molecule has 1 saturated heterocycles. The third-order valence-corrected chi connectivity index (χ3v) is 3.74. The normalized spacial score (nSPS) is 15.6. The highest BCUT2D eigenvalue weighted by atomic mass is 16.5. The topological polar surface area (TPSA) is 58.1 Å². The van der Waals surface area contributed by atoms with Crippen LogP contribution in [0.2, 0.25) is 0 Å². The van der Waals surface area contributed by atoms with Crippen molar-refractivity contribution in [2.45, 2.75) is 13.5 Å². The molecule has 1 aromatic carbocycles. The lowest BCUT2D eigenvalue weighted by Crippen LogP contribution is -2.38. The average molecular weight is 320 g/mol. The molecular formula is C17H28N4O2. The molecule has 0 bridgehead atoms. The van der Waals surface area contributed by atoms with Crippen molar-refractivity contribution >= 4 is 11.6 Å². The molecule has 0 atom stereocenters. The summed E-state index contributed by atoms with van der Waals surface area (Å²) in [6, 6.07) is 8.66. The minimum absolute atomic E-state index is 0.686. The molecule has 1 aromatic rings. The Labute approximate surface area is 138 Å². The summed E-state index contributed by atoms with van der Waals surface area (Å²) >= 11 is 0. The van der Waals surface area contributed by atoms with Crippen LogP contribution >= 0.6 is 0 Å². The molecule has 2 N–H and O–H groups in total. The van der Waals surface area contributed by atoms with Crippen LogP contribution in [0.15, 0.2) is 29.3 Å². The van der Waals surface area contributed by atoms with E-state index in [-0.39, 0.29) is 0 Å². The number of anilines is 1. The molecule has 0 spiro atoms. The third kappa shape index (κ3) is 6.08. The van der Waals surface area contributed by atoms with Crippen molar-refractivity contribution in [1.82, 2.24) is 10.6 Å². The van der Waals surface area contributed by atoms with E-state index >= 15 is 0 Å². The molecule has 0 radical (unpaired) electrons. The Bertz CT molecular complexity index is 470. The summed E-state index contributed by atoms with van der Waals surface area (Å²) in [6.45, 7) is 8.48. The zero-order chi connectivity index (χ0) is 16.3. The van der Waals surface area contributed by atoms with Gasteiger partial charge in [-0.25, -0.2) is 0 Å². The predicted octanol–water partition coefficient (Wildman–Crippen LogP) is 1.22. The quantitative estimate of drug-likeness (QED) is 0.449. The van der Waals surface area contributed by atoms with Gasteiger partial charge < -0.3 is 25.0 Å². The van der Waals surface area contributed by atoms with Crippen molar-refractivity contribution in [3.05, 3.63) is 29.8 Å². The highest BCUT2D eigenvalue weighted by Crippen LogP contribution is 2.16. The van der Waals surface area contributed by atoms with Gasteiger partial charge in [0.2, 0.25) is 0 Å². The number of nitrogens with zero attached hydrogens (tertiary/aromatic N) is 2. The second-order valence-electron chi connectivity index (χ2n) is 5.32. The van der Waals surface area contributed by atoms with E-state index in [4.69, 9.17) is 9.47 Å². The second kappa shape index (κ2) is 10.1. The van der Waals surface area contributed by atoms with Gasteiger partial charge in [0.15, 0.2) is 5.96 Å². The van der Waals surface area contributed by atoms with Crippen LogP contribution in [0.3, 0.4) is 0 Å². The summed E-state index contributed by atoms with van der Waals surface area (Å²) in [6.07, 6.45) is 0. The summed E-state index contributed by atoms with van der Waals surface area (Å²) < 4.78 is 10.7. The molecule has 1 fully saturated rings. The SMILES string of the molecule is CCOCCNC(=NC)NCc1ccc(N2CCOCC2)cc1. The number of rotatable bonds is 7. The first-order valence-electron chi connectivity index (χ1n) is 8.27. The molecule has 0 unspecified atom stereocenters. The molecule has 2 rings (SSSR count). The van der Waals surface area contributed by atoms with Gasteiger partial charge in [-0.1, -0.05) is 12.1 Å². The highest BCUT2D eigenvalue weighted by molar-refractivity contribution is 5.79. The maximum Gasteiger partial charge on any atom is 0.191 e. The Morgan fingerprint density at radius 2 is 1.96 bits per heavy atom. The molecule has 23 heavy (non-hydrogen) atoms. The lowest BCUT2D eigenvalue weighted by Gasteiger charge is -2.28. The molecule has 1 heterocycles. The lowest BCUT2D eigenvalue weighted by atomic mass is 10.2. The summed E-state index contributed by atoms with van der Waals surface area (Å²) in [5, 5.41) is 6.54. The fourth-order valence-corrected chi connectivity index (χ4v) is 2.44. The number of guanidine groups is 1. The third-order valence-electron chi connectivity index (χ3n) is 3.74. The monoisotopic (exact) mass is 320 g/mol. The van der Waals surface area contributed by atoms with Crippen molar-refractivity contribution in [3.8, 4) is 0 Å². The molecular weight excluding hydrogens is 292 g/mol. The predicted molar refractivity (Wildman–Crippen MR) is 94.2 cm³/mol. The van der Waals surface area contributed by atoms with E-state index in [9.17, 15) is 0 Å². The van der Waals surface area contributed by atoms with E-state index in [0.717, 1.165) is 52.0 Å². The van der Waals surface area contributed by atoms with Gasteiger partial charge in [-0.3, -0.25) is 4.99 Å². The minimum Gasteiger partial charge on any atom is -0.380 e. The average Bonchev–Trinajstić information content (AvgIpc) is 2.62. The van der Waals surface area contributed by atoms with Gasteiger partial charge in [-0.05, 0) is 24.6 Å². The van der Waals surface area contributed by atoms with Crippen LogP contribution < -0.4 is 15.5 Å². The van der Waals surface area contributed by atoms with E-state index in [2.05, 4.69) is 44.8 Å². The first-order chi connectivity index (χ1) is 11.3. The Kier molecular flexibility index (Phi) is 7.69. The maximum absolute atomic E-state index is 5.39. The molecule has 1 aliphatic rings. The molecule has 6 nitrogen and oxygen atoms in total. The number of hydrogen-bond donors (Lipinski definition) is 2. The molecule has 0 saturated carbocycles. The van der Waals surface area contributed by atoms with Crippen molar-refractivity contribution in [1.29, 1.82) is 0 Å². The first-order valence-corrected chi connectivity index (χ1v) is 8.27. The number of nitrogens with one attached hydrogen (secondary N) is 2. The minimum atomic E-state index is 0.686. The zero-order valence-corrected chi connectivity index (χ0v) is 14.2. The number of morpholine rings is 1. The summed E-state index contributed by atoms with van der Waals surface area (Å²) in [5.41, 5.74) is 2.49. The van der Waals surface area contributed by atoms with Gasteiger partial charge in [-0.2, -0.15) is 0 Å². The van der Waals surface area contributed by atoms with Crippen LogP contribution in [0.5, 0.6) is 0 Å². The van der Waals surface area contributed by atoms with Crippen molar-refractivity contribution in [2.24, 2.45) is 4.99 Å². The summed E-state index contributed by atoms with van der Waals surface area (Å²) in [7, 11) is 1.78. The zero-order valence-electron chi connectivity index (χ0n) is 14.2. The number of benzene rings is 1. The van der Waals surface area contributed by atoms with Gasteiger partial charge in [0.1, 0.15) is 0 Å².